The lowest BCUT2D eigenvalue weighted by atomic mass is 9.97. The summed E-state index contributed by atoms with van der Waals surface area (Å²) >= 11 is 5.97. The molecule has 1 aliphatic rings. The van der Waals surface area contributed by atoms with E-state index in [2.05, 4.69) is 0 Å². The molecular weight excluding hydrogens is 254 g/mol. The SMILES string of the molecule is O=C(O)[C@H]1CCCN(C(=O)c2ccccc2Cl)C1. The van der Waals surface area contributed by atoms with Crippen molar-refractivity contribution in [3.63, 3.8) is 0 Å². The van der Waals surface area contributed by atoms with Gasteiger partial charge in [-0.2, -0.15) is 0 Å². The van der Waals surface area contributed by atoms with Crippen LogP contribution in [-0.4, -0.2) is 35.0 Å². The van der Waals surface area contributed by atoms with E-state index < -0.39 is 11.9 Å². The normalized spacial score (nSPS) is 19.6. The monoisotopic (exact) mass is 267 g/mol. The van der Waals surface area contributed by atoms with E-state index in [9.17, 15) is 9.59 Å². The summed E-state index contributed by atoms with van der Waals surface area (Å²) in [5.41, 5.74) is 0.435. The first-order chi connectivity index (χ1) is 8.59. The molecule has 0 aromatic heterocycles. The summed E-state index contributed by atoms with van der Waals surface area (Å²) in [5, 5.41) is 9.40. The van der Waals surface area contributed by atoms with Crippen LogP contribution in [0.15, 0.2) is 24.3 Å². The topological polar surface area (TPSA) is 57.6 Å². The van der Waals surface area contributed by atoms with E-state index in [0.717, 1.165) is 0 Å². The molecule has 18 heavy (non-hydrogen) atoms. The number of amides is 1. The zero-order valence-corrected chi connectivity index (χ0v) is 10.6. The molecule has 1 atom stereocenters. The van der Waals surface area contributed by atoms with Crippen molar-refractivity contribution in [2.45, 2.75) is 12.8 Å². The zero-order valence-electron chi connectivity index (χ0n) is 9.80. The van der Waals surface area contributed by atoms with Crippen LogP contribution in [0.25, 0.3) is 0 Å². The molecular formula is C13H14ClNO3. The van der Waals surface area contributed by atoms with Gasteiger partial charge in [-0.3, -0.25) is 9.59 Å². The van der Waals surface area contributed by atoms with Crippen molar-refractivity contribution in [2.24, 2.45) is 5.92 Å². The van der Waals surface area contributed by atoms with Crippen LogP contribution in [0.4, 0.5) is 0 Å². The molecule has 0 saturated carbocycles. The number of hydrogen-bond acceptors (Lipinski definition) is 2. The number of benzene rings is 1. The second kappa shape index (κ2) is 5.40. The highest BCUT2D eigenvalue weighted by Gasteiger charge is 2.29. The lowest BCUT2D eigenvalue weighted by Gasteiger charge is -2.30. The van der Waals surface area contributed by atoms with E-state index in [-0.39, 0.29) is 12.5 Å². The fourth-order valence-corrected chi connectivity index (χ4v) is 2.38. The predicted molar refractivity (Wildman–Crippen MR) is 67.7 cm³/mol. The molecule has 1 amide bonds. The number of carboxylic acid groups (broad SMARTS) is 1. The minimum atomic E-state index is -0.841. The van der Waals surface area contributed by atoms with Gasteiger partial charge in [0, 0.05) is 13.1 Å². The minimum Gasteiger partial charge on any atom is -0.481 e. The quantitative estimate of drug-likeness (QED) is 0.894. The summed E-state index contributed by atoms with van der Waals surface area (Å²) in [5.74, 6) is -1.50. The Morgan fingerprint density at radius 3 is 2.72 bits per heavy atom. The third kappa shape index (κ3) is 2.64. The number of rotatable bonds is 2. The van der Waals surface area contributed by atoms with Crippen LogP contribution >= 0.6 is 11.6 Å². The molecule has 4 nitrogen and oxygen atoms in total. The first kappa shape index (κ1) is 12.9. The first-order valence-electron chi connectivity index (χ1n) is 5.86. The van der Waals surface area contributed by atoms with Gasteiger partial charge in [-0.25, -0.2) is 0 Å². The fraction of sp³-hybridized carbons (Fsp3) is 0.385. The second-order valence-corrected chi connectivity index (χ2v) is 4.82. The Labute approximate surface area is 110 Å². The number of nitrogens with zero attached hydrogens (tertiary/aromatic N) is 1. The third-order valence-corrected chi connectivity index (χ3v) is 3.49. The van der Waals surface area contributed by atoms with E-state index in [0.29, 0.717) is 30.0 Å². The van der Waals surface area contributed by atoms with Crippen molar-refractivity contribution in [2.75, 3.05) is 13.1 Å². The Hall–Kier alpha value is -1.55. The Morgan fingerprint density at radius 1 is 1.33 bits per heavy atom. The van der Waals surface area contributed by atoms with Crippen molar-refractivity contribution in [1.82, 2.24) is 4.90 Å². The number of carbonyl (C=O) groups is 2. The van der Waals surface area contributed by atoms with E-state index >= 15 is 0 Å². The predicted octanol–water partition coefficient (Wildman–Crippen LogP) is 2.28. The maximum absolute atomic E-state index is 12.2. The van der Waals surface area contributed by atoms with Crippen molar-refractivity contribution < 1.29 is 14.7 Å². The van der Waals surface area contributed by atoms with Crippen LogP contribution in [0.1, 0.15) is 23.2 Å². The van der Waals surface area contributed by atoms with Crippen molar-refractivity contribution in [3.05, 3.63) is 34.9 Å². The molecule has 2 rings (SSSR count). The van der Waals surface area contributed by atoms with Gasteiger partial charge in [0.15, 0.2) is 0 Å². The molecule has 0 unspecified atom stereocenters. The van der Waals surface area contributed by atoms with Gasteiger partial charge >= 0.3 is 5.97 Å². The van der Waals surface area contributed by atoms with Crippen LogP contribution in [0.2, 0.25) is 5.02 Å². The lowest BCUT2D eigenvalue weighted by molar-refractivity contribution is -0.143. The average Bonchev–Trinajstić information content (AvgIpc) is 2.38. The lowest BCUT2D eigenvalue weighted by Crippen LogP contribution is -2.42. The molecule has 1 N–H and O–H groups in total. The fourth-order valence-electron chi connectivity index (χ4n) is 2.17. The molecule has 0 aliphatic carbocycles. The van der Waals surface area contributed by atoms with Gasteiger partial charge in [-0.1, -0.05) is 23.7 Å². The minimum absolute atomic E-state index is 0.188. The molecule has 1 aromatic carbocycles. The van der Waals surface area contributed by atoms with Gasteiger partial charge in [0.2, 0.25) is 0 Å². The van der Waals surface area contributed by atoms with Gasteiger partial charge in [-0.05, 0) is 25.0 Å². The van der Waals surface area contributed by atoms with Crippen LogP contribution in [-0.2, 0) is 4.79 Å². The van der Waals surface area contributed by atoms with Gasteiger partial charge < -0.3 is 10.0 Å². The molecule has 1 aromatic rings. The molecule has 1 fully saturated rings. The van der Waals surface area contributed by atoms with Crippen molar-refractivity contribution in [1.29, 1.82) is 0 Å². The second-order valence-electron chi connectivity index (χ2n) is 4.41. The highest BCUT2D eigenvalue weighted by Crippen LogP contribution is 2.22. The van der Waals surface area contributed by atoms with E-state index in [1.54, 1.807) is 29.2 Å². The molecule has 5 heteroatoms. The third-order valence-electron chi connectivity index (χ3n) is 3.16. The van der Waals surface area contributed by atoms with Crippen LogP contribution in [0.5, 0.6) is 0 Å². The number of likely N-dealkylation sites (tertiary alicyclic amines) is 1. The molecule has 1 heterocycles. The Balaban J connectivity index is 2.14. The highest BCUT2D eigenvalue weighted by atomic mass is 35.5. The average molecular weight is 268 g/mol. The smallest absolute Gasteiger partial charge is 0.308 e. The van der Waals surface area contributed by atoms with Crippen LogP contribution in [0, 0.1) is 5.92 Å². The summed E-state index contributed by atoms with van der Waals surface area (Å²) in [7, 11) is 0. The highest BCUT2D eigenvalue weighted by molar-refractivity contribution is 6.33. The summed E-state index contributed by atoms with van der Waals surface area (Å²) in [6.45, 7) is 0.854. The Kier molecular flexibility index (Phi) is 3.87. The summed E-state index contributed by atoms with van der Waals surface area (Å²) in [6, 6.07) is 6.83. The summed E-state index contributed by atoms with van der Waals surface area (Å²) < 4.78 is 0. The van der Waals surface area contributed by atoms with E-state index in [4.69, 9.17) is 16.7 Å². The molecule has 0 bridgehead atoms. The summed E-state index contributed by atoms with van der Waals surface area (Å²) in [4.78, 5) is 24.8. The molecule has 1 aliphatic heterocycles. The standard InChI is InChI=1S/C13H14ClNO3/c14-11-6-2-1-5-10(11)12(16)15-7-3-4-9(8-15)13(17)18/h1-2,5-6,9H,3-4,7-8H2,(H,17,18)/t9-/m0/s1. The van der Waals surface area contributed by atoms with Crippen LogP contribution < -0.4 is 0 Å². The largest absolute Gasteiger partial charge is 0.481 e. The zero-order chi connectivity index (χ0) is 13.1. The Bertz CT molecular complexity index is 475. The number of halogens is 1. The summed E-state index contributed by atoms with van der Waals surface area (Å²) in [6.07, 6.45) is 1.34. The van der Waals surface area contributed by atoms with Gasteiger partial charge in [0.1, 0.15) is 0 Å². The van der Waals surface area contributed by atoms with Gasteiger partial charge in [-0.15, -0.1) is 0 Å². The Morgan fingerprint density at radius 2 is 2.06 bits per heavy atom. The maximum Gasteiger partial charge on any atom is 0.308 e. The number of aliphatic carboxylic acids is 1. The van der Waals surface area contributed by atoms with Crippen molar-refractivity contribution >= 4 is 23.5 Å². The maximum atomic E-state index is 12.2. The number of carbonyl (C=O) groups excluding carboxylic acids is 1. The molecule has 96 valence electrons. The first-order valence-corrected chi connectivity index (χ1v) is 6.24. The van der Waals surface area contributed by atoms with Gasteiger partial charge in [0.05, 0.1) is 16.5 Å². The number of hydrogen-bond donors (Lipinski definition) is 1. The number of piperidine rings is 1. The van der Waals surface area contributed by atoms with Crippen LogP contribution in [0.3, 0.4) is 0 Å². The number of carboxylic acids is 1. The van der Waals surface area contributed by atoms with E-state index in [1.165, 1.54) is 0 Å². The molecule has 0 radical (unpaired) electrons. The van der Waals surface area contributed by atoms with Gasteiger partial charge in [0.25, 0.3) is 5.91 Å². The van der Waals surface area contributed by atoms with Crippen molar-refractivity contribution in [3.8, 4) is 0 Å². The van der Waals surface area contributed by atoms with E-state index in [1.807, 2.05) is 0 Å². The molecule has 0 spiro atoms. The molecule has 1 saturated heterocycles.